The number of nitrogens with zero attached hydrogens (tertiary/aromatic N) is 3. The van der Waals surface area contributed by atoms with Gasteiger partial charge in [0.2, 0.25) is 5.91 Å². The average molecular weight is 402 g/mol. The third-order valence-corrected chi connectivity index (χ3v) is 4.95. The number of amides is 1. The molecule has 1 amide bonds. The molecular formula is C23H22N4O3. The van der Waals surface area contributed by atoms with Gasteiger partial charge in [-0.15, -0.1) is 0 Å². The highest BCUT2D eigenvalue weighted by atomic mass is 16.5. The highest BCUT2D eigenvalue weighted by molar-refractivity contribution is 6.04. The second-order valence-corrected chi connectivity index (χ2v) is 6.90. The molecule has 0 saturated carbocycles. The molecule has 0 unspecified atom stereocenters. The zero-order valence-corrected chi connectivity index (χ0v) is 16.6. The van der Waals surface area contributed by atoms with Gasteiger partial charge in [0.15, 0.2) is 0 Å². The van der Waals surface area contributed by atoms with E-state index in [0.717, 1.165) is 28.6 Å². The number of hydrogen-bond donors (Lipinski definition) is 1. The lowest BCUT2D eigenvalue weighted by atomic mass is 10.1. The van der Waals surface area contributed by atoms with Crippen molar-refractivity contribution in [1.29, 1.82) is 0 Å². The number of hydrogen-bond acceptors (Lipinski definition) is 4. The summed E-state index contributed by atoms with van der Waals surface area (Å²) in [5, 5.41) is 7.93. The molecule has 0 atom stereocenters. The highest BCUT2D eigenvalue weighted by Crippen LogP contribution is 2.22. The van der Waals surface area contributed by atoms with E-state index in [-0.39, 0.29) is 12.5 Å². The maximum absolute atomic E-state index is 12.4. The van der Waals surface area contributed by atoms with E-state index in [2.05, 4.69) is 10.4 Å². The van der Waals surface area contributed by atoms with Crippen LogP contribution < -0.4 is 5.32 Å². The molecule has 7 heteroatoms. The lowest BCUT2D eigenvalue weighted by Crippen LogP contribution is -2.29. The second-order valence-electron chi connectivity index (χ2n) is 6.90. The third kappa shape index (κ3) is 4.10. The van der Waals surface area contributed by atoms with Gasteiger partial charge in [0, 0.05) is 36.0 Å². The molecule has 0 aliphatic heterocycles. The summed E-state index contributed by atoms with van der Waals surface area (Å²) < 4.78 is 8.43. The maximum Gasteiger partial charge on any atom is 0.340 e. The normalized spacial score (nSPS) is 10.8. The molecule has 0 saturated heterocycles. The molecule has 4 aromatic rings. The maximum atomic E-state index is 12.4. The number of carbonyl (C=O) groups is 2. The van der Waals surface area contributed by atoms with Crippen molar-refractivity contribution in [2.75, 3.05) is 13.7 Å². The van der Waals surface area contributed by atoms with Crippen molar-refractivity contribution in [3.05, 3.63) is 84.3 Å². The number of esters is 1. The first-order valence-electron chi connectivity index (χ1n) is 9.67. The van der Waals surface area contributed by atoms with Gasteiger partial charge in [-0.3, -0.25) is 4.79 Å². The SMILES string of the molecule is COC(=O)c1cn(CC(=O)NCCc2ccc(-n3cccn3)cc2)c2ccccc12. The zero-order valence-electron chi connectivity index (χ0n) is 16.6. The van der Waals surface area contributed by atoms with Crippen LogP contribution in [0, 0.1) is 0 Å². The van der Waals surface area contributed by atoms with E-state index in [1.54, 1.807) is 21.6 Å². The average Bonchev–Trinajstić information content (AvgIpc) is 3.43. The van der Waals surface area contributed by atoms with Gasteiger partial charge in [0.25, 0.3) is 0 Å². The predicted molar refractivity (Wildman–Crippen MR) is 114 cm³/mol. The van der Waals surface area contributed by atoms with Gasteiger partial charge in [-0.25, -0.2) is 9.48 Å². The third-order valence-electron chi connectivity index (χ3n) is 4.95. The summed E-state index contributed by atoms with van der Waals surface area (Å²) in [6.45, 7) is 0.665. The van der Waals surface area contributed by atoms with Gasteiger partial charge >= 0.3 is 5.97 Å². The second kappa shape index (κ2) is 8.65. The monoisotopic (exact) mass is 402 g/mol. The fourth-order valence-corrected chi connectivity index (χ4v) is 3.44. The molecule has 30 heavy (non-hydrogen) atoms. The summed E-state index contributed by atoms with van der Waals surface area (Å²) in [7, 11) is 1.35. The van der Waals surface area contributed by atoms with Gasteiger partial charge < -0.3 is 14.6 Å². The van der Waals surface area contributed by atoms with Crippen molar-refractivity contribution in [3.63, 3.8) is 0 Å². The number of benzene rings is 2. The molecule has 0 aliphatic rings. The number of aromatic nitrogens is 3. The van der Waals surface area contributed by atoms with Crippen LogP contribution in [-0.2, 0) is 22.5 Å². The Morgan fingerprint density at radius 1 is 1.07 bits per heavy atom. The van der Waals surface area contributed by atoms with Gasteiger partial charge in [-0.1, -0.05) is 30.3 Å². The molecule has 2 heterocycles. The molecule has 0 aliphatic carbocycles. The fraction of sp³-hybridized carbons (Fsp3) is 0.174. The number of methoxy groups -OCH3 is 1. The number of ether oxygens (including phenoxy) is 1. The molecular weight excluding hydrogens is 380 g/mol. The molecule has 2 aromatic carbocycles. The summed E-state index contributed by atoms with van der Waals surface area (Å²) in [4.78, 5) is 24.5. The van der Waals surface area contributed by atoms with Gasteiger partial charge in [0.1, 0.15) is 6.54 Å². The van der Waals surface area contributed by atoms with E-state index in [1.807, 2.05) is 60.8 Å². The Morgan fingerprint density at radius 3 is 2.60 bits per heavy atom. The molecule has 152 valence electrons. The Bertz CT molecular complexity index is 1160. The van der Waals surface area contributed by atoms with Crippen molar-refractivity contribution < 1.29 is 14.3 Å². The highest BCUT2D eigenvalue weighted by Gasteiger charge is 2.16. The van der Waals surface area contributed by atoms with Crippen LogP contribution >= 0.6 is 0 Å². The number of para-hydroxylation sites is 1. The Labute approximate surface area is 173 Å². The first-order valence-corrected chi connectivity index (χ1v) is 9.67. The topological polar surface area (TPSA) is 78.1 Å². The van der Waals surface area contributed by atoms with Crippen LogP contribution in [0.3, 0.4) is 0 Å². The van der Waals surface area contributed by atoms with E-state index >= 15 is 0 Å². The Balaban J connectivity index is 1.36. The van der Waals surface area contributed by atoms with Crippen LogP contribution in [0.1, 0.15) is 15.9 Å². The Kier molecular flexibility index (Phi) is 5.61. The minimum absolute atomic E-state index is 0.111. The van der Waals surface area contributed by atoms with E-state index in [9.17, 15) is 9.59 Å². The standard InChI is InChI=1S/C23H22N4O3/c1-30-23(29)20-15-26(21-6-3-2-5-19(20)21)16-22(28)24-13-11-17-7-9-18(10-8-17)27-14-4-12-25-27/h2-10,12,14-15H,11,13,16H2,1H3,(H,24,28). The van der Waals surface area contributed by atoms with E-state index in [4.69, 9.17) is 4.74 Å². The van der Waals surface area contributed by atoms with Crippen LogP contribution in [0.5, 0.6) is 0 Å². The van der Waals surface area contributed by atoms with Crippen molar-refractivity contribution in [3.8, 4) is 5.69 Å². The summed E-state index contributed by atoms with van der Waals surface area (Å²) in [5.41, 5.74) is 3.40. The Morgan fingerprint density at radius 2 is 1.87 bits per heavy atom. The molecule has 0 spiro atoms. The predicted octanol–water partition coefficient (Wildman–Crippen LogP) is 2.97. The van der Waals surface area contributed by atoms with Crippen molar-refractivity contribution >= 4 is 22.8 Å². The molecule has 0 bridgehead atoms. The number of rotatable bonds is 7. The van der Waals surface area contributed by atoms with E-state index in [0.29, 0.717) is 12.1 Å². The smallest absolute Gasteiger partial charge is 0.340 e. The molecule has 2 aromatic heterocycles. The van der Waals surface area contributed by atoms with Crippen molar-refractivity contribution in [2.45, 2.75) is 13.0 Å². The fourth-order valence-electron chi connectivity index (χ4n) is 3.44. The van der Waals surface area contributed by atoms with Crippen LogP contribution in [-0.4, -0.2) is 39.9 Å². The van der Waals surface area contributed by atoms with E-state index < -0.39 is 5.97 Å². The Hall–Kier alpha value is -3.87. The first kappa shape index (κ1) is 19.4. The van der Waals surface area contributed by atoms with Crippen LogP contribution in [0.15, 0.2) is 73.2 Å². The number of fused-ring (bicyclic) bond motifs is 1. The van der Waals surface area contributed by atoms with Crippen LogP contribution in [0.25, 0.3) is 16.6 Å². The summed E-state index contributed by atoms with van der Waals surface area (Å²) >= 11 is 0. The quantitative estimate of drug-likeness (QED) is 0.482. The van der Waals surface area contributed by atoms with Crippen LogP contribution in [0.4, 0.5) is 0 Å². The summed E-state index contributed by atoms with van der Waals surface area (Å²) in [5.74, 6) is -0.524. The molecule has 4 rings (SSSR count). The number of carbonyl (C=O) groups excluding carboxylic acids is 2. The van der Waals surface area contributed by atoms with Gasteiger partial charge in [-0.2, -0.15) is 5.10 Å². The van der Waals surface area contributed by atoms with Crippen molar-refractivity contribution in [1.82, 2.24) is 19.7 Å². The largest absolute Gasteiger partial charge is 0.465 e. The van der Waals surface area contributed by atoms with Gasteiger partial charge in [-0.05, 0) is 36.2 Å². The molecule has 7 nitrogen and oxygen atoms in total. The lowest BCUT2D eigenvalue weighted by molar-refractivity contribution is -0.121. The first-order chi connectivity index (χ1) is 14.7. The van der Waals surface area contributed by atoms with Crippen LogP contribution in [0.2, 0.25) is 0 Å². The zero-order chi connectivity index (χ0) is 20.9. The van der Waals surface area contributed by atoms with Gasteiger partial charge in [0.05, 0.1) is 18.4 Å². The molecule has 0 fully saturated rings. The summed E-state index contributed by atoms with van der Waals surface area (Å²) in [6.07, 6.45) is 6.03. The lowest BCUT2D eigenvalue weighted by Gasteiger charge is -2.08. The molecule has 1 N–H and O–H groups in total. The van der Waals surface area contributed by atoms with E-state index in [1.165, 1.54) is 7.11 Å². The van der Waals surface area contributed by atoms with Crippen molar-refractivity contribution in [2.24, 2.45) is 0 Å². The number of nitrogens with one attached hydrogen (secondary N) is 1. The minimum Gasteiger partial charge on any atom is -0.465 e. The molecule has 0 radical (unpaired) electrons. The summed E-state index contributed by atoms with van der Waals surface area (Å²) in [6, 6.07) is 17.4. The minimum atomic E-state index is -0.413.